The van der Waals surface area contributed by atoms with Crippen LogP contribution in [-0.2, 0) is 0 Å². The summed E-state index contributed by atoms with van der Waals surface area (Å²) in [5, 5.41) is 3.48. The third kappa shape index (κ3) is 2.25. The highest BCUT2D eigenvalue weighted by atomic mass is 16.5. The van der Waals surface area contributed by atoms with Crippen molar-refractivity contribution in [2.75, 3.05) is 31.6 Å². The van der Waals surface area contributed by atoms with Crippen LogP contribution in [0.2, 0.25) is 0 Å². The predicted molar refractivity (Wildman–Crippen MR) is 71.9 cm³/mol. The van der Waals surface area contributed by atoms with Crippen molar-refractivity contribution in [1.82, 2.24) is 5.32 Å². The van der Waals surface area contributed by atoms with E-state index in [0.29, 0.717) is 0 Å². The standard InChI is InChI=1S/C14H22N2O/c1-4-14(2)11-15-9-10-16(14)12-7-5-6-8-13(12)17-3/h5-8,15H,4,9-11H2,1-3H3. The monoisotopic (exact) mass is 234 g/mol. The zero-order valence-corrected chi connectivity index (χ0v) is 11.0. The fourth-order valence-electron chi connectivity index (χ4n) is 2.49. The van der Waals surface area contributed by atoms with Gasteiger partial charge in [-0.2, -0.15) is 0 Å². The zero-order valence-electron chi connectivity index (χ0n) is 11.0. The number of piperazine rings is 1. The van der Waals surface area contributed by atoms with E-state index in [0.717, 1.165) is 31.8 Å². The third-order valence-electron chi connectivity index (χ3n) is 3.81. The molecule has 1 aliphatic heterocycles. The van der Waals surface area contributed by atoms with E-state index in [1.807, 2.05) is 12.1 Å². The maximum absolute atomic E-state index is 5.47. The lowest BCUT2D eigenvalue weighted by molar-refractivity contribution is 0.335. The van der Waals surface area contributed by atoms with Gasteiger partial charge in [-0.3, -0.25) is 0 Å². The number of nitrogens with one attached hydrogen (secondary N) is 1. The van der Waals surface area contributed by atoms with Crippen LogP contribution >= 0.6 is 0 Å². The van der Waals surface area contributed by atoms with Crippen molar-refractivity contribution < 1.29 is 4.74 Å². The highest BCUT2D eigenvalue weighted by molar-refractivity contribution is 5.60. The van der Waals surface area contributed by atoms with E-state index >= 15 is 0 Å². The minimum absolute atomic E-state index is 0.173. The number of benzene rings is 1. The number of anilines is 1. The molecular weight excluding hydrogens is 212 g/mol. The van der Waals surface area contributed by atoms with Gasteiger partial charge in [0, 0.05) is 25.2 Å². The van der Waals surface area contributed by atoms with E-state index < -0.39 is 0 Å². The van der Waals surface area contributed by atoms with Gasteiger partial charge < -0.3 is 15.0 Å². The molecule has 0 bridgehead atoms. The van der Waals surface area contributed by atoms with Gasteiger partial charge in [0.25, 0.3) is 0 Å². The van der Waals surface area contributed by atoms with Gasteiger partial charge >= 0.3 is 0 Å². The molecule has 1 saturated heterocycles. The van der Waals surface area contributed by atoms with Gasteiger partial charge in [0.1, 0.15) is 5.75 Å². The normalized spacial score (nSPS) is 24.8. The molecule has 1 aliphatic rings. The molecule has 3 heteroatoms. The number of ether oxygens (including phenoxy) is 1. The molecule has 0 radical (unpaired) electrons. The molecular formula is C14H22N2O. The first kappa shape index (κ1) is 12.2. The molecule has 94 valence electrons. The van der Waals surface area contributed by atoms with Crippen molar-refractivity contribution in [2.45, 2.75) is 25.8 Å². The van der Waals surface area contributed by atoms with E-state index in [1.165, 1.54) is 5.69 Å². The van der Waals surface area contributed by atoms with E-state index in [-0.39, 0.29) is 5.54 Å². The predicted octanol–water partition coefficient (Wildman–Crippen LogP) is 2.27. The van der Waals surface area contributed by atoms with Crippen molar-refractivity contribution >= 4 is 5.69 Å². The van der Waals surface area contributed by atoms with E-state index in [4.69, 9.17) is 4.74 Å². The van der Waals surface area contributed by atoms with E-state index in [1.54, 1.807) is 7.11 Å². The largest absolute Gasteiger partial charge is 0.495 e. The average Bonchev–Trinajstić information content (AvgIpc) is 2.39. The number of para-hydroxylation sites is 2. The van der Waals surface area contributed by atoms with Gasteiger partial charge in [0.2, 0.25) is 0 Å². The number of nitrogens with zero attached hydrogens (tertiary/aromatic N) is 1. The minimum Gasteiger partial charge on any atom is -0.495 e. The van der Waals surface area contributed by atoms with Crippen LogP contribution < -0.4 is 15.0 Å². The lowest BCUT2D eigenvalue weighted by Gasteiger charge is -2.46. The Morgan fingerprint density at radius 2 is 2.18 bits per heavy atom. The summed E-state index contributed by atoms with van der Waals surface area (Å²) >= 11 is 0. The molecule has 0 aliphatic carbocycles. The number of hydrogen-bond acceptors (Lipinski definition) is 3. The van der Waals surface area contributed by atoms with Crippen LogP contribution in [0, 0.1) is 0 Å². The molecule has 3 nitrogen and oxygen atoms in total. The van der Waals surface area contributed by atoms with Crippen molar-refractivity contribution in [1.29, 1.82) is 0 Å². The second-order valence-electron chi connectivity index (χ2n) is 4.85. The Kier molecular flexibility index (Phi) is 3.57. The van der Waals surface area contributed by atoms with Crippen LogP contribution in [-0.4, -0.2) is 32.3 Å². The second kappa shape index (κ2) is 4.96. The molecule has 17 heavy (non-hydrogen) atoms. The van der Waals surface area contributed by atoms with Gasteiger partial charge in [0.05, 0.1) is 12.8 Å². The third-order valence-corrected chi connectivity index (χ3v) is 3.81. The molecule has 1 atom stereocenters. The Labute approximate surface area is 104 Å². The Morgan fingerprint density at radius 3 is 2.88 bits per heavy atom. The van der Waals surface area contributed by atoms with Gasteiger partial charge in [-0.25, -0.2) is 0 Å². The lowest BCUT2D eigenvalue weighted by atomic mass is 9.93. The summed E-state index contributed by atoms with van der Waals surface area (Å²) in [6.07, 6.45) is 1.12. The molecule has 1 aromatic carbocycles. The molecule has 0 aromatic heterocycles. The first-order chi connectivity index (χ1) is 8.21. The lowest BCUT2D eigenvalue weighted by Crippen LogP contribution is -2.59. The summed E-state index contributed by atoms with van der Waals surface area (Å²) in [5.41, 5.74) is 1.38. The zero-order chi connectivity index (χ0) is 12.3. The van der Waals surface area contributed by atoms with Gasteiger partial charge in [-0.15, -0.1) is 0 Å². The van der Waals surface area contributed by atoms with Crippen LogP contribution in [0.5, 0.6) is 5.75 Å². The molecule has 2 rings (SSSR count). The first-order valence-corrected chi connectivity index (χ1v) is 6.32. The average molecular weight is 234 g/mol. The van der Waals surface area contributed by atoms with Crippen LogP contribution in [0.3, 0.4) is 0 Å². The quantitative estimate of drug-likeness (QED) is 0.868. The Morgan fingerprint density at radius 1 is 1.41 bits per heavy atom. The highest BCUT2D eigenvalue weighted by Crippen LogP contribution is 2.34. The van der Waals surface area contributed by atoms with Gasteiger partial charge in [-0.05, 0) is 25.5 Å². The topological polar surface area (TPSA) is 24.5 Å². The fourth-order valence-corrected chi connectivity index (χ4v) is 2.49. The molecule has 1 aromatic rings. The van der Waals surface area contributed by atoms with E-state index in [9.17, 15) is 0 Å². The fraction of sp³-hybridized carbons (Fsp3) is 0.571. The summed E-state index contributed by atoms with van der Waals surface area (Å²) in [6.45, 7) is 7.65. The van der Waals surface area contributed by atoms with E-state index in [2.05, 4.69) is 36.2 Å². The second-order valence-corrected chi connectivity index (χ2v) is 4.85. The maximum Gasteiger partial charge on any atom is 0.142 e. The Bertz CT molecular complexity index is 380. The molecule has 0 amide bonds. The SMILES string of the molecule is CCC1(C)CNCCN1c1ccccc1OC. The Balaban J connectivity index is 2.36. The first-order valence-electron chi connectivity index (χ1n) is 6.32. The van der Waals surface area contributed by atoms with Crippen LogP contribution in [0.4, 0.5) is 5.69 Å². The van der Waals surface area contributed by atoms with Crippen LogP contribution in [0.1, 0.15) is 20.3 Å². The maximum atomic E-state index is 5.47. The van der Waals surface area contributed by atoms with Crippen LogP contribution in [0.25, 0.3) is 0 Å². The molecule has 1 heterocycles. The molecule has 0 saturated carbocycles. The Hall–Kier alpha value is -1.22. The number of hydrogen-bond donors (Lipinski definition) is 1. The molecule has 1 fully saturated rings. The van der Waals surface area contributed by atoms with Crippen LogP contribution in [0.15, 0.2) is 24.3 Å². The summed E-state index contributed by atoms with van der Waals surface area (Å²) < 4.78 is 5.47. The minimum atomic E-state index is 0.173. The molecule has 1 unspecified atom stereocenters. The summed E-state index contributed by atoms with van der Waals surface area (Å²) in [4.78, 5) is 2.47. The number of rotatable bonds is 3. The molecule has 1 N–H and O–H groups in total. The van der Waals surface area contributed by atoms with Gasteiger partial charge in [-0.1, -0.05) is 19.1 Å². The summed E-state index contributed by atoms with van der Waals surface area (Å²) in [6, 6.07) is 8.29. The smallest absolute Gasteiger partial charge is 0.142 e. The molecule has 0 spiro atoms. The van der Waals surface area contributed by atoms with Crippen molar-refractivity contribution in [3.8, 4) is 5.75 Å². The highest BCUT2D eigenvalue weighted by Gasteiger charge is 2.33. The summed E-state index contributed by atoms with van der Waals surface area (Å²) in [7, 11) is 1.74. The van der Waals surface area contributed by atoms with Crippen molar-refractivity contribution in [3.63, 3.8) is 0 Å². The number of methoxy groups -OCH3 is 1. The van der Waals surface area contributed by atoms with Crippen molar-refractivity contribution in [2.24, 2.45) is 0 Å². The summed E-state index contributed by atoms with van der Waals surface area (Å²) in [5.74, 6) is 0.967. The van der Waals surface area contributed by atoms with Crippen molar-refractivity contribution in [3.05, 3.63) is 24.3 Å². The van der Waals surface area contributed by atoms with Gasteiger partial charge in [0.15, 0.2) is 0 Å².